The first kappa shape index (κ1) is 23.1. The van der Waals surface area contributed by atoms with E-state index < -0.39 is 23.8 Å². The number of rotatable bonds is 5. The molecule has 8 nitrogen and oxygen atoms in total. The fourth-order valence-electron chi connectivity index (χ4n) is 5.78. The molecule has 3 amide bonds. The van der Waals surface area contributed by atoms with E-state index in [1.54, 1.807) is 36.3 Å². The second kappa shape index (κ2) is 9.17. The first-order chi connectivity index (χ1) is 16.9. The van der Waals surface area contributed by atoms with Crippen LogP contribution in [0.4, 0.5) is 0 Å². The average molecular weight is 477 g/mol. The lowest BCUT2D eigenvalue weighted by Gasteiger charge is -2.42. The molecule has 2 aromatic rings. The Morgan fingerprint density at radius 1 is 1.00 bits per heavy atom. The Morgan fingerprint density at radius 2 is 1.66 bits per heavy atom. The molecule has 0 aromatic heterocycles. The molecule has 35 heavy (non-hydrogen) atoms. The Kier molecular flexibility index (Phi) is 6.05. The topological polar surface area (TPSA) is 104 Å². The minimum Gasteiger partial charge on any atom is -0.497 e. The van der Waals surface area contributed by atoms with Crippen LogP contribution in [0.1, 0.15) is 63.6 Å². The number of carboxylic acid groups (broad SMARTS) is 1. The standard InChI is InChI=1S/C27H28N2O6/c1-35-17-11-10-16-12-13-28(24(30)20-8-4-5-9-21(20)27(33)34)23(22(16)14-17)15-29-25(31)18-6-2-3-7-19(18)26(29)32/h2-3,6-7,10-11,14,20-21,23H,4-5,8-9,12-13,15H2,1H3,(H,33,34). The smallest absolute Gasteiger partial charge is 0.307 e. The van der Waals surface area contributed by atoms with Crippen LogP contribution in [0.2, 0.25) is 0 Å². The van der Waals surface area contributed by atoms with Gasteiger partial charge in [0.2, 0.25) is 5.91 Å². The van der Waals surface area contributed by atoms with Gasteiger partial charge in [-0.05, 0) is 54.7 Å². The number of fused-ring (bicyclic) bond motifs is 2. The third kappa shape index (κ3) is 3.96. The van der Waals surface area contributed by atoms with Gasteiger partial charge in [-0.3, -0.25) is 24.1 Å². The summed E-state index contributed by atoms with van der Waals surface area (Å²) in [5, 5.41) is 9.76. The predicted octanol–water partition coefficient (Wildman–Crippen LogP) is 3.31. The van der Waals surface area contributed by atoms with Gasteiger partial charge < -0.3 is 14.7 Å². The number of imide groups is 1. The van der Waals surface area contributed by atoms with Crippen molar-refractivity contribution in [1.29, 1.82) is 0 Å². The number of carboxylic acids is 1. The SMILES string of the molecule is COc1ccc2c(c1)C(CN1C(=O)c3ccccc3C1=O)N(C(=O)C1CCCCC1C(=O)O)CC2. The van der Waals surface area contributed by atoms with E-state index in [0.717, 1.165) is 24.0 Å². The fourth-order valence-corrected chi connectivity index (χ4v) is 5.78. The third-order valence-electron chi connectivity index (χ3n) is 7.63. The minimum absolute atomic E-state index is 0.00269. The van der Waals surface area contributed by atoms with Gasteiger partial charge in [0, 0.05) is 6.54 Å². The fraction of sp³-hybridized carbons (Fsp3) is 0.407. The van der Waals surface area contributed by atoms with Crippen LogP contribution in [-0.4, -0.2) is 58.8 Å². The van der Waals surface area contributed by atoms with Crippen LogP contribution in [0.25, 0.3) is 0 Å². The first-order valence-electron chi connectivity index (χ1n) is 12.1. The molecule has 1 aliphatic carbocycles. The zero-order valence-electron chi connectivity index (χ0n) is 19.6. The van der Waals surface area contributed by atoms with Crippen molar-refractivity contribution in [2.24, 2.45) is 11.8 Å². The highest BCUT2D eigenvalue weighted by atomic mass is 16.5. The summed E-state index contributed by atoms with van der Waals surface area (Å²) in [4.78, 5) is 54.9. The average Bonchev–Trinajstić information content (AvgIpc) is 3.13. The highest BCUT2D eigenvalue weighted by Crippen LogP contribution is 2.39. The van der Waals surface area contributed by atoms with E-state index in [1.807, 2.05) is 18.2 Å². The van der Waals surface area contributed by atoms with Gasteiger partial charge in [0.15, 0.2) is 0 Å². The summed E-state index contributed by atoms with van der Waals surface area (Å²) in [7, 11) is 1.56. The van der Waals surface area contributed by atoms with Crippen molar-refractivity contribution in [3.63, 3.8) is 0 Å². The molecule has 2 aromatic carbocycles. The predicted molar refractivity (Wildman–Crippen MR) is 126 cm³/mol. The Hall–Kier alpha value is -3.68. The van der Waals surface area contributed by atoms with Crippen molar-refractivity contribution in [1.82, 2.24) is 9.80 Å². The molecular weight excluding hydrogens is 448 g/mol. The summed E-state index contributed by atoms with van der Waals surface area (Å²) in [5.74, 6) is -2.64. The van der Waals surface area contributed by atoms with E-state index in [-0.39, 0.29) is 24.3 Å². The number of benzene rings is 2. The van der Waals surface area contributed by atoms with Gasteiger partial charge in [-0.1, -0.05) is 31.0 Å². The number of hydrogen-bond donors (Lipinski definition) is 1. The lowest BCUT2D eigenvalue weighted by Crippen LogP contribution is -2.50. The molecule has 2 heterocycles. The Balaban J connectivity index is 1.52. The molecule has 3 unspecified atom stereocenters. The van der Waals surface area contributed by atoms with E-state index in [4.69, 9.17) is 4.74 Å². The maximum absolute atomic E-state index is 13.8. The van der Waals surface area contributed by atoms with Crippen molar-refractivity contribution in [2.75, 3.05) is 20.2 Å². The zero-order valence-corrected chi connectivity index (χ0v) is 19.6. The largest absolute Gasteiger partial charge is 0.497 e. The summed E-state index contributed by atoms with van der Waals surface area (Å²) in [6.45, 7) is 0.400. The summed E-state index contributed by atoms with van der Waals surface area (Å²) >= 11 is 0. The number of aliphatic carboxylic acids is 1. The zero-order chi connectivity index (χ0) is 24.7. The van der Waals surface area contributed by atoms with Crippen molar-refractivity contribution >= 4 is 23.7 Å². The maximum atomic E-state index is 13.8. The molecule has 0 radical (unpaired) electrons. The van der Waals surface area contributed by atoms with Crippen molar-refractivity contribution < 1.29 is 29.0 Å². The van der Waals surface area contributed by atoms with Gasteiger partial charge in [0.1, 0.15) is 5.75 Å². The van der Waals surface area contributed by atoms with Gasteiger partial charge in [-0.2, -0.15) is 0 Å². The number of nitrogens with zero attached hydrogens (tertiary/aromatic N) is 2. The molecule has 0 bridgehead atoms. The van der Waals surface area contributed by atoms with Crippen LogP contribution in [0.15, 0.2) is 42.5 Å². The van der Waals surface area contributed by atoms with E-state index in [2.05, 4.69) is 0 Å². The Labute approximate surface area is 203 Å². The number of amides is 3. The molecule has 3 atom stereocenters. The summed E-state index contributed by atoms with van der Waals surface area (Å²) in [6.07, 6.45) is 3.21. The van der Waals surface area contributed by atoms with Gasteiger partial charge >= 0.3 is 5.97 Å². The van der Waals surface area contributed by atoms with E-state index in [9.17, 15) is 24.3 Å². The van der Waals surface area contributed by atoms with Gasteiger partial charge in [0.05, 0.1) is 42.7 Å². The Morgan fingerprint density at radius 3 is 2.29 bits per heavy atom. The molecule has 0 spiro atoms. The highest BCUT2D eigenvalue weighted by molar-refractivity contribution is 6.21. The Bertz CT molecular complexity index is 1170. The summed E-state index contributed by atoms with van der Waals surface area (Å²) < 4.78 is 5.42. The first-order valence-corrected chi connectivity index (χ1v) is 12.1. The highest BCUT2D eigenvalue weighted by Gasteiger charge is 2.44. The lowest BCUT2D eigenvalue weighted by molar-refractivity contribution is -0.153. The lowest BCUT2D eigenvalue weighted by atomic mass is 9.77. The third-order valence-corrected chi connectivity index (χ3v) is 7.63. The quantitative estimate of drug-likeness (QED) is 0.664. The van der Waals surface area contributed by atoms with Crippen LogP contribution >= 0.6 is 0 Å². The van der Waals surface area contributed by atoms with E-state index in [0.29, 0.717) is 42.7 Å². The summed E-state index contributed by atoms with van der Waals surface area (Å²) in [6, 6.07) is 11.8. The van der Waals surface area contributed by atoms with Gasteiger partial charge in [0.25, 0.3) is 11.8 Å². The molecule has 182 valence electrons. The normalized spacial score (nSPS) is 23.6. The number of hydrogen-bond acceptors (Lipinski definition) is 5. The van der Waals surface area contributed by atoms with Gasteiger partial charge in [-0.25, -0.2) is 0 Å². The molecule has 8 heteroatoms. The van der Waals surface area contributed by atoms with Crippen molar-refractivity contribution in [3.05, 3.63) is 64.7 Å². The monoisotopic (exact) mass is 476 g/mol. The van der Waals surface area contributed by atoms with E-state index in [1.165, 1.54) is 4.90 Å². The molecule has 5 rings (SSSR count). The summed E-state index contributed by atoms with van der Waals surface area (Å²) in [5.41, 5.74) is 2.56. The molecular formula is C27H28N2O6. The minimum atomic E-state index is -0.945. The molecule has 1 N–H and O–H groups in total. The number of carbonyl (C=O) groups excluding carboxylic acids is 3. The number of methoxy groups -OCH3 is 1. The second-order valence-electron chi connectivity index (χ2n) is 9.46. The number of carbonyl (C=O) groups is 4. The van der Waals surface area contributed by atoms with Gasteiger partial charge in [-0.15, -0.1) is 0 Å². The maximum Gasteiger partial charge on any atom is 0.307 e. The van der Waals surface area contributed by atoms with Crippen LogP contribution in [0.3, 0.4) is 0 Å². The number of ether oxygens (including phenoxy) is 1. The van der Waals surface area contributed by atoms with Crippen LogP contribution in [-0.2, 0) is 16.0 Å². The van der Waals surface area contributed by atoms with Crippen LogP contribution < -0.4 is 4.74 Å². The van der Waals surface area contributed by atoms with Crippen molar-refractivity contribution in [2.45, 2.75) is 38.1 Å². The van der Waals surface area contributed by atoms with E-state index >= 15 is 0 Å². The molecule has 2 aliphatic heterocycles. The van der Waals surface area contributed by atoms with Crippen LogP contribution in [0.5, 0.6) is 5.75 Å². The second-order valence-corrected chi connectivity index (χ2v) is 9.46. The van der Waals surface area contributed by atoms with Crippen molar-refractivity contribution in [3.8, 4) is 5.75 Å². The van der Waals surface area contributed by atoms with Crippen LogP contribution in [0, 0.1) is 11.8 Å². The molecule has 3 aliphatic rings. The molecule has 1 fully saturated rings. The molecule has 0 saturated heterocycles. The molecule has 1 saturated carbocycles.